The number of pyridine rings is 1. The third kappa shape index (κ3) is 3.21. The minimum Gasteiger partial charge on any atom is -0.463 e. The van der Waals surface area contributed by atoms with E-state index in [0.717, 1.165) is 22.7 Å². The Hall–Kier alpha value is -3.65. The van der Waals surface area contributed by atoms with Gasteiger partial charge in [-0.2, -0.15) is 5.10 Å². The highest BCUT2D eigenvalue weighted by Crippen LogP contribution is 2.32. The van der Waals surface area contributed by atoms with Gasteiger partial charge in [0.2, 0.25) is 11.6 Å². The molecule has 8 heteroatoms. The van der Waals surface area contributed by atoms with Crippen LogP contribution in [0.3, 0.4) is 0 Å². The summed E-state index contributed by atoms with van der Waals surface area (Å²) in [5.41, 5.74) is 2.46. The van der Waals surface area contributed by atoms with Crippen LogP contribution in [0.25, 0.3) is 11.5 Å². The van der Waals surface area contributed by atoms with Crippen molar-refractivity contribution in [2.24, 2.45) is 10.1 Å². The van der Waals surface area contributed by atoms with Crippen LogP contribution in [-0.4, -0.2) is 22.7 Å². The molecule has 4 aromatic rings. The fourth-order valence-corrected chi connectivity index (χ4v) is 3.57. The van der Waals surface area contributed by atoms with Gasteiger partial charge in [-0.15, -0.1) is 11.3 Å². The van der Waals surface area contributed by atoms with E-state index in [1.165, 1.54) is 11.3 Å². The maximum absolute atomic E-state index is 5.56. The number of rotatable bonds is 4. The first-order valence-corrected chi connectivity index (χ1v) is 9.38. The van der Waals surface area contributed by atoms with Gasteiger partial charge in [0, 0.05) is 11.6 Å². The summed E-state index contributed by atoms with van der Waals surface area (Å²) in [5.74, 6) is 2.17. The topological polar surface area (TPSA) is 74.1 Å². The molecule has 0 fully saturated rings. The maximum atomic E-state index is 5.56. The van der Waals surface area contributed by atoms with Crippen LogP contribution in [0, 0.1) is 0 Å². The Morgan fingerprint density at radius 1 is 1.11 bits per heavy atom. The first-order valence-electron chi connectivity index (χ1n) is 8.50. The summed E-state index contributed by atoms with van der Waals surface area (Å²) in [6.45, 7) is 0.242. The van der Waals surface area contributed by atoms with Crippen LogP contribution in [0.15, 0.2) is 81.0 Å². The van der Waals surface area contributed by atoms with Gasteiger partial charge < -0.3 is 13.9 Å². The zero-order valence-corrected chi connectivity index (χ0v) is 15.4. The molecule has 1 aliphatic heterocycles. The molecule has 0 saturated heterocycles. The summed E-state index contributed by atoms with van der Waals surface area (Å²) in [5, 5.41) is 6.61. The van der Waals surface area contributed by atoms with E-state index in [-0.39, 0.29) is 6.79 Å². The van der Waals surface area contributed by atoms with Crippen molar-refractivity contribution < 1.29 is 13.9 Å². The first-order chi connectivity index (χ1) is 13.9. The average molecular weight is 390 g/mol. The highest BCUT2D eigenvalue weighted by molar-refractivity contribution is 7.07. The summed E-state index contributed by atoms with van der Waals surface area (Å²) < 4.78 is 18.1. The molecule has 5 rings (SSSR count). The average Bonchev–Trinajstić information content (AvgIpc) is 3.47. The van der Waals surface area contributed by atoms with E-state index in [4.69, 9.17) is 13.9 Å². The molecule has 7 nitrogen and oxygen atoms in total. The number of hydrogen-bond acceptors (Lipinski definition) is 7. The molecule has 28 heavy (non-hydrogen) atoms. The van der Waals surface area contributed by atoms with Crippen molar-refractivity contribution in [1.29, 1.82) is 0 Å². The molecule has 0 saturated carbocycles. The molecule has 0 unspecified atom stereocenters. The first kappa shape index (κ1) is 16.5. The summed E-state index contributed by atoms with van der Waals surface area (Å²) in [7, 11) is 0. The van der Waals surface area contributed by atoms with Gasteiger partial charge in [-0.3, -0.25) is 4.98 Å². The van der Waals surface area contributed by atoms with Crippen molar-refractivity contribution >= 4 is 23.2 Å². The molecule has 0 bridgehead atoms. The Kier molecular flexibility index (Phi) is 4.23. The van der Waals surface area contributed by atoms with Gasteiger partial charge in [0.15, 0.2) is 17.3 Å². The zero-order valence-electron chi connectivity index (χ0n) is 14.6. The van der Waals surface area contributed by atoms with Crippen LogP contribution in [-0.2, 0) is 0 Å². The van der Waals surface area contributed by atoms with E-state index in [1.807, 2.05) is 47.8 Å². The van der Waals surface area contributed by atoms with Crippen molar-refractivity contribution in [2.75, 3.05) is 6.79 Å². The Balaban J connectivity index is 1.58. The van der Waals surface area contributed by atoms with E-state index < -0.39 is 0 Å². The van der Waals surface area contributed by atoms with Crippen molar-refractivity contribution in [2.45, 2.75) is 0 Å². The molecule has 0 aliphatic carbocycles. The van der Waals surface area contributed by atoms with Crippen molar-refractivity contribution in [1.82, 2.24) is 9.66 Å². The van der Waals surface area contributed by atoms with Crippen LogP contribution in [0.4, 0.5) is 5.69 Å². The van der Waals surface area contributed by atoms with Crippen molar-refractivity contribution in [3.63, 3.8) is 0 Å². The summed E-state index contributed by atoms with van der Waals surface area (Å²) in [6, 6.07) is 13.2. The lowest BCUT2D eigenvalue weighted by molar-refractivity contribution is 0.174. The van der Waals surface area contributed by atoms with Crippen LogP contribution in [0.1, 0.15) is 5.56 Å². The molecule has 0 amide bonds. The monoisotopic (exact) mass is 390 g/mol. The Morgan fingerprint density at radius 2 is 2.07 bits per heavy atom. The van der Waals surface area contributed by atoms with E-state index in [2.05, 4.69) is 15.1 Å². The van der Waals surface area contributed by atoms with Crippen molar-refractivity contribution in [3.05, 3.63) is 76.9 Å². The van der Waals surface area contributed by atoms with E-state index >= 15 is 0 Å². The Labute approximate surface area is 163 Å². The van der Waals surface area contributed by atoms with Crippen LogP contribution >= 0.6 is 11.3 Å². The Bertz CT molecular complexity index is 1190. The predicted octanol–water partition coefficient (Wildman–Crippen LogP) is 4.05. The molecule has 0 atom stereocenters. The number of nitrogens with zero attached hydrogens (tertiary/aromatic N) is 4. The molecule has 0 spiro atoms. The lowest BCUT2D eigenvalue weighted by Gasteiger charge is -2.01. The minimum atomic E-state index is 0.242. The second kappa shape index (κ2) is 7.16. The van der Waals surface area contributed by atoms with Crippen LogP contribution in [0.5, 0.6) is 11.5 Å². The van der Waals surface area contributed by atoms with Gasteiger partial charge in [-0.25, -0.2) is 9.67 Å². The molecule has 4 heterocycles. The van der Waals surface area contributed by atoms with E-state index in [0.29, 0.717) is 16.3 Å². The summed E-state index contributed by atoms with van der Waals surface area (Å²) in [6.07, 6.45) is 6.81. The van der Waals surface area contributed by atoms with Gasteiger partial charge in [0.05, 0.1) is 24.4 Å². The molecule has 0 N–H and O–H groups in total. The number of benzene rings is 1. The smallest absolute Gasteiger partial charge is 0.231 e. The standard InChI is InChI=1S/C20H14N4O3S/c1-3-15(11-21-7-1)23-20-24(16(12-28-20)17-4-2-8-25-17)22-10-14-5-6-18-19(9-14)27-13-26-18/h1-12H,13H2. The molecule has 1 aromatic carbocycles. The Morgan fingerprint density at radius 3 is 2.93 bits per heavy atom. The third-order valence-electron chi connectivity index (χ3n) is 4.05. The number of fused-ring (bicyclic) bond motifs is 1. The largest absolute Gasteiger partial charge is 0.463 e. The lowest BCUT2D eigenvalue weighted by Crippen LogP contribution is -2.11. The normalized spacial score (nSPS) is 13.5. The highest BCUT2D eigenvalue weighted by Gasteiger charge is 2.13. The van der Waals surface area contributed by atoms with Gasteiger partial charge in [-0.05, 0) is 48.0 Å². The zero-order chi connectivity index (χ0) is 18.8. The molecular formula is C20H14N4O3S. The predicted molar refractivity (Wildman–Crippen MR) is 105 cm³/mol. The van der Waals surface area contributed by atoms with Gasteiger partial charge >= 0.3 is 0 Å². The minimum absolute atomic E-state index is 0.242. The number of hydrogen-bond donors (Lipinski definition) is 0. The fourth-order valence-electron chi connectivity index (χ4n) is 2.73. The summed E-state index contributed by atoms with van der Waals surface area (Å²) >= 11 is 1.47. The van der Waals surface area contributed by atoms with Gasteiger partial charge in [-0.1, -0.05) is 0 Å². The third-order valence-corrected chi connectivity index (χ3v) is 4.86. The lowest BCUT2D eigenvalue weighted by atomic mass is 10.2. The number of ether oxygens (including phenoxy) is 2. The van der Waals surface area contributed by atoms with Crippen molar-refractivity contribution in [3.8, 4) is 23.0 Å². The van der Waals surface area contributed by atoms with Crippen LogP contribution in [0.2, 0.25) is 0 Å². The summed E-state index contributed by atoms with van der Waals surface area (Å²) in [4.78, 5) is 9.48. The van der Waals surface area contributed by atoms with E-state index in [1.54, 1.807) is 29.5 Å². The highest BCUT2D eigenvalue weighted by atomic mass is 32.1. The second-order valence-electron chi connectivity index (χ2n) is 5.87. The molecule has 3 aromatic heterocycles. The molecule has 138 valence electrons. The maximum Gasteiger partial charge on any atom is 0.231 e. The SMILES string of the molecule is C(=Nn1c(-c2ccco2)csc1=Nc1cccnc1)c1ccc2c(c1)OCO2. The van der Waals surface area contributed by atoms with Crippen LogP contribution < -0.4 is 14.3 Å². The molecule has 1 aliphatic rings. The second-order valence-corrected chi connectivity index (χ2v) is 6.71. The number of aromatic nitrogens is 2. The number of furan rings is 1. The fraction of sp³-hybridized carbons (Fsp3) is 0.0500. The number of thiazole rings is 1. The molecular weight excluding hydrogens is 376 g/mol. The molecule has 0 radical (unpaired) electrons. The van der Waals surface area contributed by atoms with E-state index in [9.17, 15) is 0 Å². The van der Waals surface area contributed by atoms with Gasteiger partial charge in [0.1, 0.15) is 5.69 Å². The quantitative estimate of drug-likeness (QED) is 0.493. The van der Waals surface area contributed by atoms with Gasteiger partial charge in [0.25, 0.3) is 0 Å².